The van der Waals surface area contributed by atoms with Crippen molar-refractivity contribution < 1.29 is 4.79 Å². The first-order valence-electron chi connectivity index (χ1n) is 8.33. The van der Waals surface area contributed by atoms with Gasteiger partial charge in [-0.3, -0.25) is 19.1 Å². The summed E-state index contributed by atoms with van der Waals surface area (Å²) < 4.78 is 1.52. The maximum absolute atomic E-state index is 12.4. The second-order valence-corrected chi connectivity index (χ2v) is 6.26. The molecule has 3 rings (SSSR count). The van der Waals surface area contributed by atoms with Crippen LogP contribution in [0.15, 0.2) is 59.5 Å². The Hall–Kier alpha value is -2.95. The van der Waals surface area contributed by atoms with Gasteiger partial charge < -0.3 is 5.32 Å². The molecule has 0 radical (unpaired) electrons. The Morgan fingerprint density at radius 1 is 1.20 bits per heavy atom. The van der Waals surface area contributed by atoms with E-state index in [1.54, 1.807) is 12.3 Å². The Morgan fingerprint density at radius 2 is 1.96 bits per heavy atom. The topological polar surface area (TPSA) is 64.0 Å². The molecule has 128 valence electrons. The third kappa shape index (κ3) is 3.94. The van der Waals surface area contributed by atoms with Gasteiger partial charge in [-0.25, -0.2) is 0 Å². The van der Waals surface area contributed by atoms with Crippen molar-refractivity contribution in [3.05, 3.63) is 76.3 Å². The molecule has 2 aromatic heterocycles. The average molecular weight is 335 g/mol. The lowest BCUT2D eigenvalue weighted by Crippen LogP contribution is -2.38. The van der Waals surface area contributed by atoms with E-state index in [1.165, 1.54) is 4.57 Å². The van der Waals surface area contributed by atoms with Gasteiger partial charge >= 0.3 is 0 Å². The van der Waals surface area contributed by atoms with Crippen molar-refractivity contribution in [3.8, 4) is 0 Å². The summed E-state index contributed by atoms with van der Waals surface area (Å²) >= 11 is 0. The van der Waals surface area contributed by atoms with E-state index in [0.717, 1.165) is 22.2 Å². The number of nitrogens with zero attached hydrogens (tertiary/aromatic N) is 2. The van der Waals surface area contributed by atoms with Gasteiger partial charge in [0.15, 0.2) is 0 Å². The van der Waals surface area contributed by atoms with Crippen LogP contribution < -0.4 is 10.9 Å². The maximum Gasteiger partial charge on any atom is 0.251 e. The van der Waals surface area contributed by atoms with Crippen LogP contribution in [0.2, 0.25) is 0 Å². The number of para-hydroxylation sites is 1. The molecule has 2 heterocycles. The second kappa shape index (κ2) is 7.30. The molecule has 3 aromatic rings. The quantitative estimate of drug-likeness (QED) is 0.779. The molecule has 0 bridgehead atoms. The van der Waals surface area contributed by atoms with E-state index in [9.17, 15) is 9.59 Å². The number of amides is 1. The van der Waals surface area contributed by atoms with Crippen molar-refractivity contribution in [2.24, 2.45) is 0 Å². The van der Waals surface area contributed by atoms with Crippen molar-refractivity contribution >= 4 is 16.8 Å². The Kier molecular flexibility index (Phi) is 4.93. The molecule has 1 N–H and O–H groups in total. The fraction of sp³-hybridized carbons (Fsp3) is 0.250. The van der Waals surface area contributed by atoms with Crippen LogP contribution >= 0.6 is 0 Å². The van der Waals surface area contributed by atoms with Crippen LogP contribution in [0.25, 0.3) is 10.9 Å². The Labute approximate surface area is 146 Å². The number of carbonyl (C=O) groups is 1. The van der Waals surface area contributed by atoms with E-state index in [2.05, 4.69) is 10.3 Å². The molecule has 0 saturated carbocycles. The minimum Gasteiger partial charge on any atom is -0.352 e. The van der Waals surface area contributed by atoms with Crippen LogP contribution in [0.5, 0.6) is 0 Å². The first kappa shape index (κ1) is 16.9. The molecule has 0 aliphatic carbocycles. The monoisotopic (exact) mass is 335 g/mol. The number of pyridine rings is 2. The van der Waals surface area contributed by atoms with Gasteiger partial charge in [0.2, 0.25) is 5.91 Å². The molecule has 0 aliphatic rings. The van der Waals surface area contributed by atoms with Crippen molar-refractivity contribution in [1.29, 1.82) is 0 Å². The SMILES string of the molecule is Cc1cc(=O)n(CC(=O)N[C@@H](C)Cc2ccccn2)c2ccccc12. The number of rotatable bonds is 5. The molecule has 1 amide bonds. The zero-order valence-electron chi connectivity index (χ0n) is 14.4. The van der Waals surface area contributed by atoms with E-state index in [-0.39, 0.29) is 24.1 Å². The van der Waals surface area contributed by atoms with Crippen LogP contribution in [0.3, 0.4) is 0 Å². The number of aryl methyl sites for hydroxylation is 1. The molecule has 5 nitrogen and oxygen atoms in total. The van der Waals surface area contributed by atoms with Crippen molar-refractivity contribution in [2.45, 2.75) is 32.9 Å². The first-order valence-corrected chi connectivity index (χ1v) is 8.33. The van der Waals surface area contributed by atoms with E-state index < -0.39 is 0 Å². The Balaban J connectivity index is 1.75. The lowest BCUT2D eigenvalue weighted by atomic mass is 10.1. The highest BCUT2D eigenvalue weighted by molar-refractivity contribution is 5.84. The molecule has 0 fully saturated rings. The number of hydrogen-bond donors (Lipinski definition) is 1. The van der Waals surface area contributed by atoms with Crippen LogP contribution in [-0.4, -0.2) is 21.5 Å². The van der Waals surface area contributed by atoms with Gasteiger partial charge in [0.05, 0.1) is 5.52 Å². The summed E-state index contributed by atoms with van der Waals surface area (Å²) in [4.78, 5) is 29.0. The van der Waals surface area contributed by atoms with Crippen molar-refractivity contribution in [2.75, 3.05) is 0 Å². The lowest BCUT2D eigenvalue weighted by Gasteiger charge is -2.16. The first-order chi connectivity index (χ1) is 12.0. The number of nitrogens with one attached hydrogen (secondary N) is 1. The zero-order chi connectivity index (χ0) is 17.8. The van der Waals surface area contributed by atoms with Gasteiger partial charge in [-0.2, -0.15) is 0 Å². The predicted octanol–water partition coefficient (Wildman–Crippen LogP) is 2.45. The summed E-state index contributed by atoms with van der Waals surface area (Å²) in [6.45, 7) is 3.85. The standard InChI is InChI=1S/C20H21N3O2/c1-14-11-20(25)23(18-9-4-3-8-17(14)18)13-19(24)22-15(2)12-16-7-5-6-10-21-16/h3-11,15H,12-13H2,1-2H3,(H,22,24)/t15-/m0/s1. The fourth-order valence-electron chi connectivity index (χ4n) is 3.01. The summed E-state index contributed by atoms with van der Waals surface area (Å²) in [6.07, 6.45) is 2.39. The van der Waals surface area contributed by atoms with Gasteiger partial charge in [0, 0.05) is 35.8 Å². The number of benzene rings is 1. The predicted molar refractivity (Wildman–Crippen MR) is 98.5 cm³/mol. The Bertz CT molecular complexity index is 948. The van der Waals surface area contributed by atoms with Crippen LogP contribution in [-0.2, 0) is 17.8 Å². The molecule has 0 unspecified atom stereocenters. The lowest BCUT2D eigenvalue weighted by molar-refractivity contribution is -0.122. The number of carbonyl (C=O) groups excluding carboxylic acids is 1. The van der Waals surface area contributed by atoms with E-state index >= 15 is 0 Å². The number of fused-ring (bicyclic) bond motifs is 1. The molecule has 5 heteroatoms. The minimum atomic E-state index is -0.181. The van der Waals surface area contributed by atoms with Gasteiger partial charge in [-0.05, 0) is 37.6 Å². The highest BCUT2D eigenvalue weighted by Crippen LogP contribution is 2.15. The third-order valence-corrected chi connectivity index (χ3v) is 4.18. The van der Waals surface area contributed by atoms with Gasteiger partial charge in [0.1, 0.15) is 6.54 Å². The summed E-state index contributed by atoms with van der Waals surface area (Å²) in [5.41, 5.74) is 2.46. The number of hydrogen-bond acceptors (Lipinski definition) is 3. The second-order valence-electron chi connectivity index (χ2n) is 6.26. The largest absolute Gasteiger partial charge is 0.352 e. The molecule has 0 saturated heterocycles. The van der Waals surface area contributed by atoms with Gasteiger partial charge in [-0.1, -0.05) is 24.3 Å². The van der Waals surface area contributed by atoms with Crippen molar-refractivity contribution in [1.82, 2.24) is 14.9 Å². The smallest absolute Gasteiger partial charge is 0.251 e. The van der Waals surface area contributed by atoms with Crippen LogP contribution in [0, 0.1) is 6.92 Å². The van der Waals surface area contributed by atoms with Crippen molar-refractivity contribution in [3.63, 3.8) is 0 Å². The molecule has 25 heavy (non-hydrogen) atoms. The van der Waals surface area contributed by atoms with Gasteiger partial charge in [0.25, 0.3) is 5.56 Å². The summed E-state index contributed by atoms with van der Waals surface area (Å²) in [6, 6.07) is 14.9. The highest BCUT2D eigenvalue weighted by atomic mass is 16.2. The van der Waals surface area contributed by atoms with E-state index in [4.69, 9.17) is 0 Å². The molecule has 0 spiro atoms. The number of aromatic nitrogens is 2. The third-order valence-electron chi connectivity index (χ3n) is 4.18. The highest BCUT2D eigenvalue weighted by Gasteiger charge is 2.12. The molecule has 1 aromatic carbocycles. The summed E-state index contributed by atoms with van der Waals surface area (Å²) in [7, 11) is 0. The normalized spacial score (nSPS) is 12.1. The maximum atomic E-state index is 12.4. The Morgan fingerprint density at radius 3 is 2.72 bits per heavy atom. The minimum absolute atomic E-state index is 0.00614. The zero-order valence-corrected chi connectivity index (χ0v) is 14.4. The van der Waals surface area contributed by atoms with Crippen LogP contribution in [0.1, 0.15) is 18.2 Å². The molecule has 0 aliphatic heterocycles. The summed E-state index contributed by atoms with van der Waals surface area (Å²) in [5, 5.41) is 3.93. The average Bonchev–Trinajstić information content (AvgIpc) is 2.59. The molecular weight excluding hydrogens is 314 g/mol. The van der Waals surface area contributed by atoms with Crippen LogP contribution in [0.4, 0.5) is 0 Å². The summed E-state index contributed by atoms with van der Waals surface area (Å²) in [5.74, 6) is -0.181. The van der Waals surface area contributed by atoms with Gasteiger partial charge in [-0.15, -0.1) is 0 Å². The van der Waals surface area contributed by atoms with E-state index in [1.807, 2.05) is 56.3 Å². The molecule has 1 atom stereocenters. The fourth-order valence-corrected chi connectivity index (χ4v) is 3.01. The molecular formula is C20H21N3O2. The van der Waals surface area contributed by atoms with E-state index in [0.29, 0.717) is 6.42 Å².